The fourth-order valence-corrected chi connectivity index (χ4v) is 6.43. The van der Waals surface area contributed by atoms with Gasteiger partial charge in [-0.2, -0.15) is 0 Å². The van der Waals surface area contributed by atoms with Crippen molar-refractivity contribution in [1.29, 1.82) is 0 Å². The molecular formula is C32H34N4O10S. The van der Waals surface area contributed by atoms with Crippen LogP contribution in [0.5, 0.6) is 11.5 Å². The molecule has 2 aliphatic rings. The Morgan fingerprint density at radius 3 is 2.55 bits per heavy atom. The molecule has 14 nitrogen and oxygen atoms in total. The van der Waals surface area contributed by atoms with E-state index in [0.29, 0.717) is 53.7 Å². The number of ether oxygens (including phenoxy) is 5. The molecule has 0 amide bonds. The van der Waals surface area contributed by atoms with Crippen LogP contribution in [-0.4, -0.2) is 74.7 Å². The Morgan fingerprint density at radius 2 is 1.87 bits per heavy atom. The second-order valence-corrected chi connectivity index (χ2v) is 11.4. The van der Waals surface area contributed by atoms with Crippen molar-refractivity contribution in [1.82, 2.24) is 4.57 Å². The second-order valence-electron chi connectivity index (χ2n) is 10.4. The lowest BCUT2D eigenvalue weighted by atomic mass is 9.95. The van der Waals surface area contributed by atoms with Crippen LogP contribution in [0.4, 0.5) is 11.4 Å². The first-order valence-corrected chi connectivity index (χ1v) is 15.8. The van der Waals surface area contributed by atoms with Gasteiger partial charge in [-0.05, 0) is 50.6 Å². The van der Waals surface area contributed by atoms with Crippen LogP contribution in [-0.2, 0) is 23.8 Å². The van der Waals surface area contributed by atoms with Gasteiger partial charge in [0.25, 0.3) is 11.2 Å². The summed E-state index contributed by atoms with van der Waals surface area (Å²) in [6, 6.07) is 8.51. The van der Waals surface area contributed by atoms with Crippen molar-refractivity contribution in [2.75, 3.05) is 58.1 Å². The van der Waals surface area contributed by atoms with E-state index in [1.54, 1.807) is 51.1 Å². The van der Waals surface area contributed by atoms with E-state index >= 15 is 0 Å². The molecule has 0 N–H and O–H groups in total. The number of benzene rings is 2. The Labute approximate surface area is 273 Å². The number of allylic oxidation sites excluding steroid dienone is 1. The van der Waals surface area contributed by atoms with Gasteiger partial charge in [-0.15, -0.1) is 0 Å². The summed E-state index contributed by atoms with van der Waals surface area (Å²) in [6.07, 6.45) is 1.62. The van der Waals surface area contributed by atoms with E-state index in [0.717, 1.165) is 17.0 Å². The molecule has 1 atom stereocenters. The molecule has 47 heavy (non-hydrogen) atoms. The molecule has 15 heteroatoms. The highest BCUT2D eigenvalue weighted by molar-refractivity contribution is 7.07. The van der Waals surface area contributed by atoms with Crippen molar-refractivity contribution < 1.29 is 38.2 Å². The first-order chi connectivity index (χ1) is 22.7. The maximum Gasteiger partial charge on any atom is 0.343 e. The van der Waals surface area contributed by atoms with E-state index in [2.05, 4.69) is 14.6 Å². The number of rotatable bonds is 11. The predicted octanol–water partition coefficient (Wildman–Crippen LogP) is 2.49. The first kappa shape index (κ1) is 33.3. The number of carbonyl (C=O) groups excluding carboxylic acids is 2. The van der Waals surface area contributed by atoms with Gasteiger partial charge in [-0.1, -0.05) is 17.4 Å². The number of fused-ring (bicyclic) bond motifs is 1. The lowest BCUT2D eigenvalue weighted by Gasteiger charge is -2.30. The van der Waals surface area contributed by atoms with Crippen molar-refractivity contribution in [3.05, 3.63) is 88.6 Å². The molecule has 0 radical (unpaired) electrons. The fourth-order valence-electron chi connectivity index (χ4n) is 5.39. The number of carbonyl (C=O) groups is 2. The third-order valence-electron chi connectivity index (χ3n) is 7.53. The van der Waals surface area contributed by atoms with Crippen molar-refractivity contribution in [3.63, 3.8) is 0 Å². The molecule has 3 heterocycles. The lowest BCUT2D eigenvalue weighted by Crippen LogP contribution is -2.40. The molecule has 0 bridgehead atoms. The van der Waals surface area contributed by atoms with Crippen LogP contribution in [0.2, 0.25) is 0 Å². The molecule has 1 fully saturated rings. The maximum absolute atomic E-state index is 14.3. The Balaban J connectivity index is 1.69. The van der Waals surface area contributed by atoms with Gasteiger partial charge in [-0.25, -0.2) is 14.6 Å². The first-order valence-electron chi connectivity index (χ1n) is 14.9. The predicted molar refractivity (Wildman–Crippen MR) is 172 cm³/mol. The van der Waals surface area contributed by atoms with Crippen LogP contribution >= 0.6 is 11.3 Å². The lowest BCUT2D eigenvalue weighted by molar-refractivity contribution is -0.384. The number of hydrogen-bond acceptors (Lipinski definition) is 13. The molecule has 0 saturated carbocycles. The van der Waals surface area contributed by atoms with Crippen LogP contribution in [0.15, 0.2) is 57.5 Å². The largest absolute Gasteiger partial charge is 0.490 e. The number of nitro groups is 1. The Hall–Kier alpha value is -5.02. The topological polar surface area (TPSA) is 161 Å². The van der Waals surface area contributed by atoms with Gasteiger partial charge in [-0.3, -0.25) is 19.5 Å². The summed E-state index contributed by atoms with van der Waals surface area (Å²) in [7, 11) is 1.25. The zero-order valence-corrected chi connectivity index (χ0v) is 27.2. The second kappa shape index (κ2) is 14.6. The monoisotopic (exact) mass is 666 g/mol. The minimum absolute atomic E-state index is 0.106. The quantitative estimate of drug-likeness (QED) is 0.168. The summed E-state index contributed by atoms with van der Waals surface area (Å²) in [5.41, 5.74) is 1.71. The van der Waals surface area contributed by atoms with Crippen molar-refractivity contribution in [3.8, 4) is 11.5 Å². The number of morpholine rings is 1. The van der Waals surface area contributed by atoms with Gasteiger partial charge in [0.15, 0.2) is 22.9 Å². The summed E-state index contributed by atoms with van der Waals surface area (Å²) >= 11 is 1.11. The molecule has 1 aromatic heterocycles. The Morgan fingerprint density at radius 1 is 1.11 bits per heavy atom. The molecule has 3 aromatic rings. The summed E-state index contributed by atoms with van der Waals surface area (Å²) in [6.45, 7) is 7.36. The number of non-ortho nitro benzene ring substituents is 1. The molecule has 5 rings (SSSR count). The van der Waals surface area contributed by atoms with Crippen molar-refractivity contribution in [2.24, 2.45) is 4.99 Å². The SMILES string of the molecule is CCOC(=O)C1=C(C)N=c2s/c(=C\c3cc([N+](=O)[O-])ccc3N3CCOCC3)c(=O)n2[C@@H]1c1ccc(OCC(=O)OC)c(OCC)c1. The Bertz CT molecular complexity index is 1910. The van der Waals surface area contributed by atoms with Crippen LogP contribution in [0.1, 0.15) is 37.9 Å². The molecule has 248 valence electrons. The van der Waals surface area contributed by atoms with E-state index in [1.807, 2.05) is 0 Å². The smallest absolute Gasteiger partial charge is 0.343 e. The molecule has 0 aliphatic carbocycles. The third-order valence-corrected chi connectivity index (χ3v) is 8.52. The minimum Gasteiger partial charge on any atom is -0.490 e. The average Bonchev–Trinajstić information content (AvgIpc) is 3.37. The third kappa shape index (κ3) is 7.05. The summed E-state index contributed by atoms with van der Waals surface area (Å²) < 4.78 is 28.7. The maximum atomic E-state index is 14.3. The molecule has 0 spiro atoms. The number of anilines is 1. The Kier molecular flexibility index (Phi) is 10.4. The van der Waals surface area contributed by atoms with Crippen LogP contribution in [0.3, 0.4) is 0 Å². The van der Waals surface area contributed by atoms with Gasteiger partial charge in [0.05, 0.1) is 60.3 Å². The number of methoxy groups -OCH3 is 1. The van der Waals surface area contributed by atoms with Crippen molar-refractivity contribution in [2.45, 2.75) is 26.8 Å². The molecule has 2 aliphatic heterocycles. The van der Waals surface area contributed by atoms with E-state index in [9.17, 15) is 24.5 Å². The van der Waals surface area contributed by atoms with Crippen LogP contribution in [0, 0.1) is 10.1 Å². The zero-order valence-electron chi connectivity index (χ0n) is 26.3. The summed E-state index contributed by atoms with van der Waals surface area (Å²) in [5.74, 6) is -0.647. The number of thiazole rings is 1. The summed E-state index contributed by atoms with van der Waals surface area (Å²) in [5, 5.41) is 11.7. The van der Waals surface area contributed by atoms with Gasteiger partial charge in [0.2, 0.25) is 0 Å². The minimum atomic E-state index is -0.954. The van der Waals surface area contributed by atoms with Gasteiger partial charge in [0.1, 0.15) is 0 Å². The van der Waals surface area contributed by atoms with E-state index in [-0.39, 0.29) is 41.4 Å². The zero-order chi connectivity index (χ0) is 33.7. The molecule has 1 saturated heterocycles. The van der Waals surface area contributed by atoms with Crippen molar-refractivity contribution >= 4 is 40.7 Å². The molecule has 0 unspecified atom stereocenters. The van der Waals surface area contributed by atoms with Crippen LogP contribution < -0.4 is 29.3 Å². The fraction of sp³-hybridized carbons (Fsp3) is 0.375. The van der Waals surface area contributed by atoms with Gasteiger partial charge >= 0.3 is 11.9 Å². The highest BCUT2D eigenvalue weighted by atomic mass is 32.1. The normalized spacial score (nSPS) is 16.3. The highest BCUT2D eigenvalue weighted by Crippen LogP contribution is 2.36. The number of aromatic nitrogens is 1. The number of nitrogens with zero attached hydrogens (tertiary/aromatic N) is 4. The average molecular weight is 667 g/mol. The van der Waals surface area contributed by atoms with E-state index < -0.39 is 28.5 Å². The standard InChI is InChI=1S/C32H34N4O10S/c1-5-44-25-16-20(7-10-24(25)46-18-27(37)42-4)29-28(31(39)45-6-2)19(3)33-32-35(29)30(38)26(47-32)17-21-15-22(36(40)41)8-9-23(21)34-11-13-43-14-12-34/h7-10,15-17,29H,5-6,11-14,18H2,1-4H3/b26-17-/t29-/m1/s1. The van der Waals surface area contributed by atoms with Gasteiger partial charge < -0.3 is 28.6 Å². The number of esters is 2. The molecular weight excluding hydrogens is 632 g/mol. The van der Waals surface area contributed by atoms with E-state index in [4.69, 9.17) is 18.9 Å². The molecule has 2 aromatic carbocycles. The van der Waals surface area contributed by atoms with Crippen LogP contribution in [0.25, 0.3) is 6.08 Å². The summed E-state index contributed by atoms with van der Waals surface area (Å²) in [4.78, 5) is 57.6. The van der Waals surface area contributed by atoms with E-state index in [1.165, 1.54) is 23.8 Å². The number of hydrogen-bond donors (Lipinski definition) is 0. The highest BCUT2D eigenvalue weighted by Gasteiger charge is 2.34. The van der Waals surface area contributed by atoms with Gasteiger partial charge in [0, 0.05) is 36.5 Å². The number of nitro benzene ring substituents is 1.